The van der Waals surface area contributed by atoms with Crippen LogP contribution < -0.4 is 0 Å². The highest BCUT2D eigenvalue weighted by atomic mass is 16.2. The lowest BCUT2D eigenvalue weighted by Crippen LogP contribution is -2.54. The molecule has 0 atom stereocenters. The van der Waals surface area contributed by atoms with Gasteiger partial charge in [0, 0.05) is 12.1 Å². The van der Waals surface area contributed by atoms with Crippen molar-refractivity contribution in [1.29, 1.82) is 0 Å². The first-order valence-corrected chi connectivity index (χ1v) is 7.03. The van der Waals surface area contributed by atoms with Gasteiger partial charge in [-0.25, -0.2) is 0 Å². The summed E-state index contributed by atoms with van der Waals surface area (Å²) < 4.78 is 0. The average molecular weight is 262 g/mol. The predicted octanol–water partition coefficient (Wildman–Crippen LogP) is 2.08. The molecule has 2 amide bonds. The molecule has 0 unspecified atom stereocenters. The first kappa shape index (κ1) is 13.8. The molecular formula is C15H22N2O2. The number of carbonyl (C=O) groups excluding carboxylic acids is 2. The molecule has 0 spiro atoms. The molecule has 19 heavy (non-hydrogen) atoms. The number of amides is 2. The highest BCUT2D eigenvalue weighted by Gasteiger charge is 2.43. The second kappa shape index (κ2) is 5.59. The first-order valence-electron chi connectivity index (χ1n) is 7.03. The molecule has 0 aliphatic heterocycles. The largest absolute Gasteiger partial charge is 0.316 e. The van der Waals surface area contributed by atoms with Gasteiger partial charge < -0.3 is 9.80 Å². The van der Waals surface area contributed by atoms with E-state index in [1.165, 1.54) is 12.2 Å². The molecule has 0 aromatic rings. The van der Waals surface area contributed by atoms with Crippen molar-refractivity contribution in [3.63, 3.8) is 0 Å². The fourth-order valence-corrected chi connectivity index (χ4v) is 2.58. The van der Waals surface area contributed by atoms with Gasteiger partial charge in [-0.2, -0.15) is 0 Å². The summed E-state index contributed by atoms with van der Waals surface area (Å²) in [6, 6.07) is 0.545. The Hall–Kier alpha value is -1.58. The van der Waals surface area contributed by atoms with Crippen molar-refractivity contribution < 1.29 is 9.59 Å². The smallest absolute Gasteiger partial charge is 0.247 e. The van der Waals surface area contributed by atoms with Crippen LogP contribution in [0.4, 0.5) is 0 Å². The van der Waals surface area contributed by atoms with Crippen LogP contribution in [0.2, 0.25) is 0 Å². The lowest BCUT2D eigenvalue weighted by molar-refractivity contribution is -0.142. The van der Waals surface area contributed by atoms with Gasteiger partial charge in [-0.1, -0.05) is 20.1 Å². The van der Waals surface area contributed by atoms with Crippen LogP contribution in [0.25, 0.3) is 0 Å². The summed E-state index contributed by atoms with van der Waals surface area (Å²) in [6.45, 7) is 9.17. The van der Waals surface area contributed by atoms with Crippen molar-refractivity contribution in [3.8, 4) is 0 Å². The monoisotopic (exact) mass is 262 g/mol. The zero-order valence-electron chi connectivity index (χ0n) is 11.5. The van der Waals surface area contributed by atoms with Crippen molar-refractivity contribution in [2.24, 2.45) is 0 Å². The van der Waals surface area contributed by atoms with E-state index >= 15 is 0 Å². The van der Waals surface area contributed by atoms with Crippen LogP contribution in [-0.2, 0) is 9.59 Å². The van der Waals surface area contributed by atoms with E-state index < -0.39 is 0 Å². The minimum atomic E-state index is -0.156. The van der Waals surface area contributed by atoms with Crippen LogP contribution in [-0.4, -0.2) is 39.9 Å². The standard InChI is InChI=1S/C15H22N2O2/c1-4-13(16(11-7-8-11)14(18)5-2)17(12-9-10-12)15(19)6-3/h5-6,11-13H,2-4,7-10H2,1H3. The zero-order valence-corrected chi connectivity index (χ0v) is 11.5. The Morgan fingerprint density at radius 2 is 1.42 bits per heavy atom. The summed E-state index contributed by atoms with van der Waals surface area (Å²) in [6.07, 6.45) is 7.39. The Bertz CT molecular complexity index is 361. The molecule has 0 bridgehead atoms. The number of carbonyl (C=O) groups is 2. The summed E-state index contributed by atoms with van der Waals surface area (Å²) in [5.74, 6) is -0.145. The average Bonchev–Trinajstić information content (AvgIpc) is 3.28. The molecule has 104 valence electrons. The SMILES string of the molecule is C=CC(=O)N(C1CC1)C(CC)N(C(=O)C=C)C1CC1. The Morgan fingerprint density at radius 3 is 1.63 bits per heavy atom. The Kier molecular flexibility index (Phi) is 4.08. The summed E-state index contributed by atoms with van der Waals surface area (Å²) >= 11 is 0. The second-order valence-corrected chi connectivity index (χ2v) is 5.25. The molecule has 0 heterocycles. The third kappa shape index (κ3) is 2.88. The van der Waals surface area contributed by atoms with Gasteiger partial charge >= 0.3 is 0 Å². The van der Waals surface area contributed by atoms with Crippen molar-refractivity contribution in [3.05, 3.63) is 25.3 Å². The molecule has 0 aromatic carbocycles. The number of nitrogens with zero attached hydrogens (tertiary/aromatic N) is 2. The van der Waals surface area contributed by atoms with Crippen LogP contribution in [0.15, 0.2) is 25.3 Å². The molecule has 2 saturated carbocycles. The molecular weight excluding hydrogens is 240 g/mol. The van der Waals surface area contributed by atoms with Crippen LogP contribution in [0.1, 0.15) is 39.0 Å². The number of hydrogen-bond acceptors (Lipinski definition) is 2. The molecule has 0 saturated heterocycles. The van der Waals surface area contributed by atoms with Crippen molar-refractivity contribution in [2.75, 3.05) is 0 Å². The van der Waals surface area contributed by atoms with E-state index in [0.717, 1.165) is 32.1 Å². The molecule has 2 aliphatic rings. The van der Waals surface area contributed by atoms with Gasteiger partial charge in [-0.3, -0.25) is 9.59 Å². The van der Waals surface area contributed by atoms with Gasteiger partial charge in [-0.15, -0.1) is 0 Å². The quantitative estimate of drug-likeness (QED) is 0.520. The van der Waals surface area contributed by atoms with Gasteiger partial charge in [0.15, 0.2) is 0 Å². The maximum Gasteiger partial charge on any atom is 0.247 e. The normalized spacial score (nSPS) is 18.0. The number of rotatable bonds is 7. The van der Waals surface area contributed by atoms with E-state index in [2.05, 4.69) is 13.2 Å². The fourth-order valence-electron chi connectivity index (χ4n) is 2.58. The lowest BCUT2D eigenvalue weighted by atomic mass is 10.2. The minimum absolute atomic E-state index is 0.0723. The van der Waals surface area contributed by atoms with Crippen molar-refractivity contribution >= 4 is 11.8 Å². The highest BCUT2D eigenvalue weighted by molar-refractivity contribution is 5.90. The van der Waals surface area contributed by atoms with Crippen LogP contribution in [0, 0.1) is 0 Å². The van der Waals surface area contributed by atoms with Gasteiger partial charge in [0.25, 0.3) is 0 Å². The Labute approximate surface area is 114 Å². The molecule has 4 nitrogen and oxygen atoms in total. The summed E-state index contributed by atoms with van der Waals surface area (Å²) in [7, 11) is 0. The summed E-state index contributed by atoms with van der Waals surface area (Å²) in [5, 5.41) is 0. The molecule has 2 fully saturated rings. The Balaban J connectivity index is 2.23. The molecule has 0 aromatic heterocycles. The zero-order chi connectivity index (χ0) is 14.0. The topological polar surface area (TPSA) is 40.6 Å². The second-order valence-electron chi connectivity index (χ2n) is 5.25. The van der Waals surface area contributed by atoms with E-state index in [4.69, 9.17) is 0 Å². The maximum atomic E-state index is 12.1. The van der Waals surface area contributed by atoms with Crippen molar-refractivity contribution in [2.45, 2.75) is 57.3 Å². The van der Waals surface area contributed by atoms with E-state index in [1.54, 1.807) is 0 Å². The first-order chi connectivity index (χ1) is 9.13. The van der Waals surface area contributed by atoms with E-state index in [1.807, 2.05) is 16.7 Å². The fraction of sp³-hybridized carbons (Fsp3) is 0.600. The predicted molar refractivity (Wildman–Crippen MR) is 74.2 cm³/mol. The molecule has 2 rings (SSSR count). The van der Waals surface area contributed by atoms with Gasteiger partial charge in [0.05, 0.1) is 0 Å². The van der Waals surface area contributed by atoms with Crippen LogP contribution in [0.3, 0.4) is 0 Å². The highest BCUT2D eigenvalue weighted by Crippen LogP contribution is 2.36. The lowest BCUT2D eigenvalue weighted by Gasteiger charge is -2.39. The van der Waals surface area contributed by atoms with Gasteiger partial charge in [0.1, 0.15) is 6.17 Å². The molecule has 0 radical (unpaired) electrons. The van der Waals surface area contributed by atoms with Gasteiger partial charge in [0.2, 0.25) is 11.8 Å². The molecule has 4 heteroatoms. The van der Waals surface area contributed by atoms with Crippen LogP contribution in [0.5, 0.6) is 0 Å². The number of hydrogen-bond donors (Lipinski definition) is 0. The van der Waals surface area contributed by atoms with E-state index in [0.29, 0.717) is 0 Å². The minimum Gasteiger partial charge on any atom is -0.316 e. The van der Waals surface area contributed by atoms with E-state index in [-0.39, 0.29) is 30.1 Å². The third-order valence-electron chi connectivity index (χ3n) is 3.75. The van der Waals surface area contributed by atoms with Gasteiger partial charge in [-0.05, 0) is 44.3 Å². The maximum absolute atomic E-state index is 12.1. The van der Waals surface area contributed by atoms with E-state index in [9.17, 15) is 9.59 Å². The molecule has 0 N–H and O–H groups in total. The summed E-state index contributed by atoms with van der Waals surface area (Å²) in [4.78, 5) is 27.9. The van der Waals surface area contributed by atoms with Crippen molar-refractivity contribution in [1.82, 2.24) is 9.80 Å². The Morgan fingerprint density at radius 1 is 1.05 bits per heavy atom. The molecule has 2 aliphatic carbocycles. The van der Waals surface area contributed by atoms with Crippen LogP contribution >= 0.6 is 0 Å². The third-order valence-corrected chi connectivity index (χ3v) is 3.75. The summed E-state index contributed by atoms with van der Waals surface area (Å²) in [5.41, 5.74) is 0.